The van der Waals surface area contributed by atoms with Gasteiger partial charge in [-0.15, -0.1) is 0 Å². The van der Waals surface area contributed by atoms with Gasteiger partial charge in [0.25, 0.3) is 0 Å². The van der Waals surface area contributed by atoms with Gasteiger partial charge in [0.1, 0.15) is 11.5 Å². The van der Waals surface area contributed by atoms with Crippen LogP contribution < -0.4 is 4.74 Å². The molecule has 0 aliphatic carbocycles. The summed E-state index contributed by atoms with van der Waals surface area (Å²) >= 11 is 0. The lowest BCUT2D eigenvalue weighted by atomic mass is 9.81. The second-order valence-corrected chi connectivity index (χ2v) is 9.82. The van der Waals surface area contributed by atoms with Crippen LogP contribution in [0.1, 0.15) is 43.2 Å². The number of aryl methyl sites for hydroxylation is 1. The largest absolute Gasteiger partial charge is 0.493 e. The highest BCUT2D eigenvalue weighted by Gasteiger charge is 2.37. The van der Waals surface area contributed by atoms with Crippen LogP contribution in [0.4, 0.5) is 4.79 Å². The van der Waals surface area contributed by atoms with Crippen LogP contribution in [0.3, 0.4) is 0 Å². The standard InChI is InChI=1S/C29H34N2O6/c1-19(2)18-36-29(34)31-14-12-24(28(32)33)25(17-31)22-10-7-11-23(16-22)35-15-13-26-20(3)37-27(30-26)21-8-5-4-6-9-21/h4-11,16,19,24-25H,12-15,17-18H2,1-3H3,(H,32,33)/t24-,25?/m0/s1. The van der Waals surface area contributed by atoms with Gasteiger partial charge in [-0.25, -0.2) is 9.78 Å². The number of carbonyl (C=O) groups is 2. The van der Waals surface area contributed by atoms with Gasteiger partial charge >= 0.3 is 12.1 Å². The zero-order chi connectivity index (χ0) is 26.4. The molecule has 3 aromatic rings. The Balaban J connectivity index is 1.41. The Labute approximate surface area is 217 Å². The summed E-state index contributed by atoms with van der Waals surface area (Å²) in [5.74, 6) is 0.422. The lowest BCUT2D eigenvalue weighted by Crippen LogP contribution is -2.45. The van der Waals surface area contributed by atoms with Crippen LogP contribution in [0.2, 0.25) is 0 Å². The smallest absolute Gasteiger partial charge is 0.409 e. The third-order valence-corrected chi connectivity index (χ3v) is 6.54. The Morgan fingerprint density at radius 3 is 2.68 bits per heavy atom. The summed E-state index contributed by atoms with van der Waals surface area (Å²) in [6, 6.07) is 17.2. The van der Waals surface area contributed by atoms with Crippen LogP contribution in [0.5, 0.6) is 5.75 Å². The first-order valence-corrected chi connectivity index (χ1v) is 12.7. The first-order chi connectivity index (χ1) is 17.8. The molecule has 2 atom stereocenters. The average Bonchev–Trinajstić information content (AvgIpc) is 3.27. The fourth-order valence-electron chi connectivity index (χ4n) is 4.55. The minimum atomic E-state index is -0.859. The molecule has 8 nitrogen and oxygen atoms in total. The van der Waals surface area contributed by atoms with Crippen LogP contribution in [0.25, 0.3) is 11.5 Å². The van der Waals surface area contributed by atoms with Crippen molar-refractivity contribution in [2.45, 2.75) is 39.5 Å². The molecular weight excluding hydrogens is 472 g/mol. The number of hydrogen-bond donors (Lipinski definition) is 1. The van der Waals surface area contributed by atoms with Gasteiger partial charge in [-0.05, 0) is 49.1 Å². The summed E-state index contributed by atoms with van der Waals surface area (Å²) in [4.78, 5) is 30.8. The maximum Gasteiger partial charge on any atom is 0.409 e. The molecule has 1 amide bonds. The number of piperidine rings is 1. The molecular formula is C29H34N2O6. The predicted molar refractivity (Wildman–Crippen MR) is 139 cm³/mol. The van der Waals surface area contributed by atoms with E-state index in [9.17, 15) is 14.7 Å². The number of oxazole rings is 1. The zero-order valence-electron chi connectivity index (χ0n) is 21.6. The van der Waals surface area contributed by atoms with Gasteiger partial charge in [0.05, 0.1) is 24.8 Å². The number of nitrogens with zero attached hydrogens (tertiary/aromatic N) is 2. The number of aromatic nitrogens is 1. The van der Waals surface area contributed by atoms with Crippen LogP contribution in [-0.4, -0.2) is 53.4 Å². The number of benzene rings is 2. The Bertz CT molecular complexity index is 1210. The van der Waals surface area contributed by atoms with Gasteiger partial charge in [0.15, 0.2) is 0 Å². The number of likely N-dealkylation sites (tertiary alicyclic amines) is 1. The average molecular weight is 507 g/mol. The lowest BCUT2D eigenvalue weighted by Gasteiger charge is -2.36. The van der Waals surface area contributed by atoms with Gasteiger partial charge in [0, 0.05) is 31.0 Å². The number of carboxylic acid groups (broad SMARTS) is 1. The van der Waals surface area contributed by atoms with Gasteiger partial charge in [-0.3, -0.25) is 4.79 Å². The summed E-state index contributed by atoms with van der Waals surface area (Å²) in [6.07, 6.45) is 0.549. The monoisotopic (exact) mass is 506 g/mol. The number of rotatable bonds is 9. The maximum atomic E-state index is 12.5. The third kappa shape index (κ3) is 6.70. The molecule has 4 rings (SSSR count). The highest BCUT2D eigenvalue weighted by atomic mass is 16.6. The van der Waals surface area contributed by atoms with Crippen LogP contribution >= 0.6 is 0 Å². The Morgan fingerprint density at radius 2 is 1.95 bits per heavy atom. The molecule has 1 aromatic heterocycles. The number of amides is 1. The minimum absolute atomic E-state index is 0.232. The second-order valence-electron chi connectivity index (χ2n) is 9.82. The molecule has 37 heavy (non-hydrogen) atoms. The molecule has 8 heteroatoms. The first kappa shape index (κ1) is 26.3. The molecule has 2 aromatic carbocycles. The van der Waals surface area contributed by atoms with E-state index in [1.165, 1.54) is 0 Å². The number of carboxylic acids is 1. The fraction of sp³-hybridized carbons (Fsp3) is 0.414. The van der Waals surface area contributed by atoms with Gasteiger partial charge in [-0.2, -0.15) is 0 Å². The van der Waals surface area contributed by atoms with Crippen molar-refractivity contribution in [3.05, 3.63) is 71.6 Å². The maximum absolute atomic E-state index is 12.5. The number of carbonyl (C=O) groups excluding carboxylic acids is 1. The number of ether oxygens (including phenoxy) is 2. The summed E-state index contributed by atoms with van der Waals surface area (Å²) in [7, 11) is 0. The fourth-order valence-corrected chi connectivity index (χ4v) is 4.55. The van der Waals surface area contributed by atoms with Crippen LogP contribution in [0.15, 0.2) is 59.0 Å². The van der Waals surface area contributed by atoms with Crippen LogP contribution in [0, 0.1) is 18.8 Å². The molecule has 2 heterocycles. The van der Waals surface area contributed by atoms with Crippen molar-refractivity contribution in [3.63, 3.8) is 0 Å². The zero-order valence-corrected chi connectivity index (χ0v) is 21.6. The number of aliphatic carboxylic acids is 1. The Kier molecular flexibility index (Phi) is 8.48. The molecule has 1 aliphatic heterocycles. The van der Waals surface area contributed by atoms with Crippen molar-refractivity contribution in [2.24, 2.45) is 11.8 Å². The van der Waals surface area contributed by atoms with Crippen molar-refractivity contribution >= 4 is 12.1 Å². The van der Waals surface area contributed by atoms with E-state index in [2.05, 4.69) is 4.98 Å². The second kappa shape index (κ2) is 12.0. The van der Waals surface area contributed by atoms with Crippen molar-refractivity contribution < 1.29 is 28.6 Å². The normalized spacial score (nSPS) is 17.6. The molecule has 1 aliphatic rings. The van der Waals surface area contributed by atoms with Crippen LogP contribution in [-0.2, 0) is 16.0 Å². The lowest BCUT2D eigenvalue weighted by molar-refractivity contribution is -0.144. The molecule has 0 spiro atoms. The summed E-state index contributed by atoms with van der Waals surface area (Å²) in [5.41, 5.74) is 2.59. The molecule has 0 bridgehead atoms. The van der Waals surface area contributed by atoms with E-state index in [1.807, 2.05) is 75.4 Å². The van der Waals surface area contributed by atoms with E-state index in [0.29, 0.717) is 44.2 Å². The van der Waals surface area contributed by atoms with E-state index in [4.69, 9.17) is 13.9 Å². The van der Waals surface area contributed by atoms with E-state index in [-0.39, 0.29) is 18.4 Å². The molecule has 0 saturated carbocycles. The summed E-state index contributed by atoms with van der Waals surface area (Å²) in [6.45, 7) is 7.23. The van der Waals surface area contributed by atoms with Crippen molar-refractivity contribution in [3.8, 4) is 17.2 Å². The molecule has 1 saturated heterocycles. The molecule has 0 radical (unpaired) electrons. The SMILES string of the molecule is Cc1oc(-c2ccccc2)nc1CCOc1cccc(C2CN(C(=O)OCC(C)C)CC[C@@H]2C(=O)O)c1. The molecule has 1 fully saturated rings. The Morgan fingerprint density at radius 1 is 1.16 bits per heavy atom. The van der Waals surface area contributed by atoms with Crippen molar-refractivity contribution in [2.75, 3.05) is 26.3 Å². The highest BCUT2D eigenvalue weighted by molar-refractivity contribution is 5.73. The number of hydrogen-bond acceptors (Lipinski definition) is 6. The van der Waals surface area contributed by atoms with Gasteiger partial charge in [-0.1, -0.05) is 44.2 Å². The quantitative estimate of drug-likeness (QED) is 0.406. The first-order valence-electron chi connectivity index (χ1n) is 12.7. The molecule has 196 valence electrons. The van der Waals surface area contributed by atoms with Gasteiger partial charge in [0.2, 0.25) is 5.89 Å². The summed E-state index contributed by atoms with van der Waals surface area (Å²) < 4.78 is 17.2. The molecule has 1 N–H and O–H groups in total. The highest BCUT2D eigenvalue weighted by Crippen LogP contribution is 2.34. The molecule has 1 unspecified atom stereocenters. The minimum Gasteiger partial charge on any atom is -0.493 e. The van der Waals surface area contributed by atoms with Crippen molar-refractivity contribution in [1.82, 2.24) is 9.88 Å². The topological polar surface area (TPSA) is 102 Å². The van der Waals surface area contributed by atoms with E-state index in [0.717, 1.165) is 22.6 Å². The van der Waals surface area contributed by atoms with Crippen molar-refractivity contribution in [1.29, 1.82) is 0 Å². The predicted octanol–water partition coefficient (Wildman–Crippen LogP) is 5.55. The van der Waals surface area contributed by atoms with E-state index < -0.39 is 18.0 Å². The van der Waals surface area contributed by atoms with Gasteiger partial charge < -0.3 is 23.9 Å². The van der Waals surface area contributed by atoms with E-state index >= 15 is 0 Å². The Hall–Kier alpha value is -3.81. The van der Waals surface area contributed by atoms with E-state index in [1.54, 1.807) is 4.90 Å². The third-order valence-electron chi connectivity index (χ3n) is 6.54. The summed E-state index contributed by atoms with van der Waals surface area (Å²) in [5, 5.41) is 9.84.